The van der Waals surface area contributed by atoms with Gasteiger partial charge in [0.25, 0.3) is 0 Å². The van der Waals surface area contributed by atoms with Crippen molar-refractivity contribution in [2.24, 2.45) is 0 Å². The number of anilines is 2. The highest BCUT2D eigenvalue weighted by Crippen LogP contribution is 2.24. The highest BCUT2D eigenvalue weighted by atomic mass is 19.1. The molecule has 1 atom stereocenters. The van der Waals surface area contributed by atoms with E-state index in [9.17, 15) is 18.8 Å². The molecule has 7 nitrogen and oxygen atoms in total. The molecule has 1 heterocycles. The van der Waals surface area contributed by atoms with Crippen molar-refractivity contribution >= 4 is 29.3 Å². The van der Waals surface area contributed by atoms with Gasteiger partial charge in [-0.3, -0.25) is 14.9 Å². The molecule has 0 bridgehead atoms. The van der Waals surface area contributed by atoms with Crippen LogP contribution in [0.2, 0.25) is 0 Å². The average molecular weight is 337 g/mol. The zero-order chi connectivity index (χ0) is 17.9. The molecule has 0 radical (unpaired) electrons. The van der Waals surface area contributed by atoms with Crippen LogP contribution >= 0.6 is 0 Å². The molecule has 2 rings (SSSR count). The molecule has 130 valence electrons. The molecular weight excluding hydrogens is 317 g/mol. The van der Waals surface area contributed by atoms with Crippen molar-refractivity contribution in [1.29, 1.82) is 0 Å². The van der Waals surface area contributed by atoms with Gasteiger partial charge in [-0.1, -0.05) is 0 Å². The Balaban J connectivity index is 2.11. The number of hydrogen-bond acceptors (Lipinski definition) is 4. The Morgan fingerprint density at radius 3 is 2.54 bits per heavy atom. The van der Waals surface area contributed by atoms with Gasteiger partial charge in [-0.05, 0) is 45.4 Å². The molecule has 1 unspecified atom stereocenters. The standard InChI is InChI=1S/C16H20FN3O4/c1-16(2,3)24-15(23)20-10-5-4-9(17)8-12(10)19-14(22)11-6-7-13(21)18-11/h4-5,8,11H,6-7H2,1-3H3,(H,18,21)(H,19,22)(H,20,23). The third-order valence-corrected chi connectivity index (χ3v) is 3.19. The molecule has 3 amide bonds. The van der Waals surface area contributed by atoms with E-state index in [1.165, 1.54) is 6.07 Å². The van der Waals surface area contributed by atoms with Crippen LogP contribution in [-0.4, -0.2) is 29.6 Å². The fourth-order valence-electron chi connectivity index (χ4n) is 2.17. The summed E-state index contributed by atoms with van der Waals surface area (Å²) in [5, 5.41) is 7.51. The lowest BCUT2D eigenvalue weighted by Crippen LogP contribution is -2.37. The second-order valence-corrected chi connectivity index (χ2v) is 6.46. The Labute approximate surface area is 138 Å². The maximum atomic E-state index is 13.5. The molecular formula is C16H20FN3O4. The lowest BCUT2D eigenvalue weighted by Gasteiger charge is -2.21. The van der Waals surface area contributed by atoms with Crippen LogP contribution in [-0.2, 0) is 14.3 Å². The van der Waals surface area contributed by atoms with Crippen molar-refractivity contribution < 1.29 is 23.5 Å². The van der Waals surface area contributed by atoms with Gasteiger partial charge < -0.3 is 15.4 Å². The molecule has 0 spiro atoms. The number of halogens is 1. The molecule has 1 aliphatic heterocycles. The van der Waals surface area contributed by atoms with Crippen molar-refractivity contribution in [3.8, 4) is 0 Å². The molecule has 0 aliphatic carbocycles. The summed E-state index contributed by atoms with van der Waals surface area (Å²) in [5.41, 5.74) is -0.405. The number of rotatable bonds is 3. The molecule has 24 heavy (non-hydrogen) atoms. The van der Waals surface area contributed by atoms with Gasteiger partial charge in [0.2, 0.25) is 11.8 Å². The zero-order valence-corrected chi connectivity index (χ0v) is 13.7. The topological polar surface area (TPSA) is 96.5 Å². The smallest absolute Gasteiger partial charge is 0.412 e. The van der Waals surface area contributed by atoms with Crippen LogP contribution in [0.15, 0.2) is 18.2 Å². The van der Waals surface area contributed by atoms with Gasteiger partial charge in [0, 0.05) is 6.42 Å². The average Bonchev–Trinajstić information content (AvgIpc) is 2.86. The quantitative estimate of drug-likeness (QED) is 0.789. The van der Waals surface area contributed by atoms with Crippen molar-refractivity contribution in [3.05, 3.63) is 24.0 Å². The summed E-state index contributed by atoms with van der Waals surface area (Å²) in [4.78, 5) is 35.2. The summed E-state index contributed by atoms with van der Waals surface area (Å²) in [6, 6.07) is 2.89. The van der Waals surface area contributed by atoms with E-state index < -0.39 is 29.5 Å². The first-order valence-corrected chi connectivity index (χ1v) is 7.54. The fraction of sp³-hybridized carbons (Fsp3) is 0.438. The summed E-state index contributed by atoms with van der Waals surface area (Å²) >= 11 is 0. The monoisotopic (exact) mass is 337 g/mol. The number of amides is 3. The highest BCUT2D eigenvalue weighted by Gasteiger charge is 2.28. The maximum Gasteiger partial charge on any atom is 0.412 e. The Bertz CT molecular complexity index is 670. The Hall–Kier alpha value is -2.64. The van der Waals surface area contributed by atoms with E-state index in [0.717, 1.165) is 12.1 Å². The van der Waals surface area contributed by atoms with E-state index in [-0.39, 0.29) is 23.7 Å². The molecule has 1 aliphatic rings. The predicted octanol–water partition coefficient (Wildman–Crippen LogP) is 2.39. The summed E-state index contributed by atoms with van der Waals surface area (Å²) in [6.45, 7) is 5.13. The highest BCUT2D eigenvalue weighted by molar-refractivity contribution is 6.02. The minimum Gasteiger partial charge on any atom is -0.444 e. The van der Waals surface area contributed by atoms with E-state index in [0.29, 0.717) is 6.42 Å². The van der Waals surface area contributed by atoms with Crippen molar-refractivity contribution in [2.45, 2.75) is 45.3 Å². The second-order valence-electron chi connectivity index (χ2n) is 6.46. The normalized spacial score (nSPS) is 17.2. The van der Waals surface area contributed by atoms with Crippen molar-refractivity contribution in [2.75, 3.05) is 10.6 Å². The maximum absolute atomic E-state index is 13.5. The second kappa shape index (κ2) is 6.86. The summed E-state index contributed by atoms with van der Waals surface area (Å²) in [5.74, 6) is -1.25. The Morgan fingerprint density at radius 2 is 1.96 bits per heavy atom. The fourth-order valence-corrected chi connectivity index (χ4v) is 2.17. The molecule has 1 fully saturated rings. The first-order chi connectivity index (χ1) is 11.1. The van der Waals surface area contributed by atoms with Crippen molar-refractivity contribution in [3.63, 3.8) is 0 Å². The lowest BCUT2D eigenvalue weighted by atomic mass is 10.2. The third kappa shape index (κ3) is 4.94. The van der Waals surface area contributed by atoms with E-state index in [1.54, 1.807) is 20.8 Å². The van der Waals surface area contributed by atoms with Gasteiger partial charge >= 0.3 is 6.09 Å². The summed E-state index contributed by atoms with van der Waals surface area (Å²) in [7, 11) is 0. The minimum atomic E-state index is -0.723. The number of carbonyl (C=O) groups is 3. The van der Waals surface area contributed by atoms with Crippen LogP contribution < -0.4 is 16.0 Å². The zero-order valence-electron chi connectivity index (χ0n) is 13.7. The van der Waals surface area contributed by atoms with Crippen LogP contribution in [0.1, 0.15) is 33.6 Å². The SMILES string of the molecule is CC(C)(C)OC(=O)Nc1ccc(F)cc1NC(=O)C1CCC(=O)N1. The minimum absolute atomic E-state index is 0.0898. The van der Waals surface area contributed by atoms with Gasteiger partial charge in [-0.2, -0.15) is 0 Å². The number of hydrogen-bond donors (Lipinski definition) is 3. The molecule has 3 N–H and O–H groups in total. The first-order valence-electron chi connectivity index (χ1n) is 7.54. The molecule has 0 saturated carbocycles. The Kier molecular flexibility index (Phi) is 5.06. The van der Waals surface area contributed by atoms with Crippen LogP contribution in [0.25, 0.3) is 0 Å². The largest absolute Gasteiger partial charge is 0.444 e. The van der Waals surface area contributed by atoms with E-state index >= 15 is 0 Å². The summed E-state index contributed by atoms with van der Waals surface area (Å²) in [6.07, 6.45) is -0.0854. The molecule has 1 aromatic rings. The molecule has 1 saturated heterocycles. The van der Waals surface area contributed by atoms with E-state index in [2.05, 4.69) is 16.0 Å². The van der Waals surface area contributed by atoms with Gasteiger partial charge in [0.15, 0.2) is 0 Å². The molecule has 0 aromatic heterocycles. The van der Waals surface area contributed by atoms with E-state index in [4.69, 9.17) is 4.74 Å². The van der Waals surface area contributed by atoms with Crippen LogP contribution in [0.3, 0.4) is 0 Å². The van der Waals surface area contributed by atoms with Gasteiger partial charge in [-0.25, -0.2) is 9.18 Å². The van der Waals surface area contributed by atoms with Crippen LogP contribution in [0.5, 0.6) is 0 Å². The number of ether oxygens (including phenoxy) is 1. The van der Waals surface area contributed by atoms with Gasteiger partial charge in [-0.15, -0.1) is 0 Å². The van der Waals surface area contributed by atoms with Gasteiger partial charge in [0.1, 0.15) is 17.5 Å². The lowest BCUT2D eigenvalue weighted by molar-refractivity contribution is -0.122. The predicted molar refractivity (Wildman–Crippen MR) is 86.1 cm³/mol. The summed E-state index contributed by atoms with van der Waals surface area (Å²) < 4.78 is 18.6. The van der Waals surface area contributed by atoms with Crippen LogP contribution in [0, 0.1) is 5.82 Å². The van der Waals surface area contributed by atoms with Crippen LogP contribution in [0.4, 0.5) is 20.6 Å². The van der Waals surface area contributed by atoms with Gasteiger partial charge in [0.05, 0.1) is 11.4 Å². The molecule has 8 heteroatoms. The Morgan fingerprint density at radius 1 is 1.25 bits per heavy atom. The van der Waals surface area contributed by atoms with Crippen molar-refractivity contribution in [1.82, 2.24) is 5.32 Å². The number of nitrogens with one attached hydrogen (secondary N) is 3. The first kappa shape index (κ1) is 17.7. The molecule has 1 aromatic carbocycles. The van der Waals surface area contributed by atoms with E-state index in [1.807, 2.05) is 0 Å². The third-order valence-electron chi connectivity index (χ3n) is 3.19. The number of benzene rings is 1. The number of carbonyl (C=O) groups excluding carboxylic acids is 3.